The Labute approximate surface area is 736 Å². The van der Waals surface area contributed by atoms with Gasteiger partial charge >= 0.3 is 30.2 Å². The van der Waals surface area contributed by atoms with Gasteiger partial charge < -0.3 is 129 Å². The van der Waals surface area contributed by atoms with Crippen LogP contribution in [0.2, 0.25) is 0 Å². The van der Waals surface area contributed by atoms with Crippen LogP contribution in [-0.2, 0) is 145 Å². The molecule has 0 spiro atoms. The Morgan fingerprint density at radius 1 is 0.654 bits per heavy atom. The molecule has 11 N–H and O–H groups in total. The number of rotatable bonds is 63. The third-order valence-electron chi connectivity index (χ3n) is 20.7. The standard InChI is InChI=1S/C86H126FN13O27/c1-8-86(112)64-50-70-76-62(53-99(70)80(107)63(64)55-125-81(86)108)74-66(20-19-61-57(4)65(87)51-69(93-76)73(61)74)95-83(110)126-54-58-14-16-59(17-15-58)92-77(104)67(13-11-24-90-82(88)109)94-79(106)75(56(2)3)97-78(105)68(96-84(111)127-85(5,6)7)12-9-10-23-89-71(101)22-26-113-28-30-115-32-34-117-36-38-119-40-42-121-44-46-123-48-49-124-47-45-122-43-41-120-39-37-118-35-33-116-31-29-114-27-25-100-60(52-91-98-100)18-21-72(102)103/h14-17,50-52,56,66-68,75,112H,8-13,18-49,53-55H2,1-7H3,(H,89,101)(H,92,104)(H,94,106)(H,95,110)(H,96,111)(H,97,105)(H,102,103)(H3,88,90,109)/t66-,67-,68-,75-,86-/m0/s1. The molecule has 5 atom stereocenters. The van der Waals surface area contributed by atoms with Gasteiger partial charge in [0.1, 0.15) is 42.8 Å². The lowest BCUT2D eigenvalue weighted by Gasteiger charge is -2.31. The number of esters is 1. The minimum Gasteiger partial charge on any atom is -0.481 e. The van der Waals surface area contributed by atoms with Crippen molar-refractivity contribution in [2.45, 2.75) is 181 Å². The first-order chi connectivity index (χ1) is 61.2. The number of urea groups is 1. The molecule has 0 radical (unpaired) electrons. The zero-order valence-electron chi connectivity index (χ0n) is 73.7. The van der Waals surface area contributed by atoms with Crippen LogP contribution >= 0.6 is 0 Å². The van der Waals surface area contributed by atoms with Crippen molar-refractivity contribution >= 4 is 70.4 Å². The maximum atomic E-state index is 15.6. The van der Waals surface area contributed by atoms with Gasteiger partial charge in [-0.05, 0) is 125 Å². The fourth-order valence-corrected chi connectivity index (χ4v) is 14.0. The number of nitrogens with zero attached hydrogens (tertiary/aromatic N) is 5. The van der Waals surface area contributed by atoms with Crippen LogP contribution in [0, 0.1) is 18.7 Å². The summed E-state index contributed by atoms with van der Waals surface area (Å²) in [6, 6.07) is 4.15. The Morgan fingerprint density at radius 2 is 1.20 bits per heavy atom. The first-order valence-electron chi connectivity index (χ1n) is 43.2. The highest BCUT2D eigenvalue weighted by Crippen LogP contribution is 2.46. The summed E-state index contributed by atoms with van der Waals surface area (Å²) in [6.45, 7) is 21.3. The topological polar surface area (TPSA) is 508 Å². The molecule has 127 heavy (non-hydrogen) atoms. The van der Waals surface area contributed by atoms with E-state index in [0.717, 1.165) is 11.3 Å². The summed E-state index contributed by atoms with van der Waals surface area (Å²) < 4.78 is 102. The number of anilines is 1. The number of carbonyl (C=O) groups is 9. The van der Waals surface area contributed by atoms with E-state index in [2.05, 4.69) is 47.5 Å². The molecule has 3 aliphatic rings. The molecule has 5 heterocycles. The Balaban J connectivity index is 0.640. The van der Waals surface area contributed by atoms with Crippen molar-refractivity contribution < 1.29 is 129 Å². The molecule has 0 bridgehead atoms. The van der Waals surface area contributed by atoms with Gasteiger partial charge in [0, 0.05) is 54.2 Å². The number of nitrogens with two attached hydrogens (primary N) is 1. The second kappa shape index (κ2) is 54.3. The van der Waals surface area contributed by atoms with Crippen LogP contribution in [0.3, 0.4) is 0 Å². The number of unbranched alkanes of at least 4 members (excludes halogenated alkanes) is 1. The number of aliphatic hydroxyl groups is 1. The molecule has 3 aromatic heterocycles. The van der Waals surface area contributed by atoms with E-state index in [0.29, 0.717) is 234 Å². The summed E-state index contributed by atoms with van der Waals surface area (Å²) >= 11 is 0. The number of primary amides is 1. The molecule has 5 aromatic rings. The highest BCUT2D eigenvalue weighted by molar-refractivity contribution is 5.99. The van der Waals surface area contributed by atoms with E-state index < -0.39 is 101 Å². The minimum atomic E-state index is -2.07. The van der Waals surface area contributed by atoms with Crippen molar-refractivity contribution in [1.82, 2.24) is 56.4 Å². The van der Waals surface area contributed by atoms with Crippen LogP contribution < -0.4 is 48.5 Å². The predicted octanol–water partition coefficient (Wildman–Crippen LogP) is 4.53. The zero-order valence-corrected chi connectivity index (χ0v) is 73.7. The summed E-state index contributed by atoms with van der Waals surface area (Å²) in [4.78, 5) is 136. The Kier molecular flexibility index (Phi) is 43.8. The van der Waals surface area contributed by atoms with Crippen LogP contribution in [0.25, 0.3) is 22.3 Å². The van der Waals surface area contributed by atoms with E-state index >= 15 is 4.39 Å². The summed E-state index contributed by atoms with van der Waals surface area (Å²) in [5, 5.41) is 48.0. The van der Waals surface area contributed by atoms with Crippen LogP contribution in [0.5, 0.6) is 0 Å². The fraction of sp³-hybridized carbons (Fsp3) is 0.640. The minimum absolute atomic E-state index is 0.00939. The number of aromatic nitrogens is 5. The van der Waals surface area contributed by atoms with Crippen molar-refractivity contribution in [2.75, 3.05) is 177 Å². The number of halogens is 1. The normalized spacial score (nSPS) is 15.2. The smallest absolute Gasteiger partial charge is 0.408 e. The van der Waals surface area contributed by atoms with Gasteiger partial charge in [0.2, 0.25) is 23.6 Å². The van der Waals surface area contributed by atoms with Gasteiger partial charge in [-0.2, -0.15) is 0 Å². The van der Waals surface area contributed by atoms with Crippen LogP contribution in [0.15, 0.2) is 47.4 Å². The number of amides is 8. The molecule has 2 aliphatic heterocycles. The quantitative estimate of drug-likeness (QED) is 0.0142. The van der Waals surface area contributed by atoms with E-state index in [1.54, 1.807) is 89.7 Å². The third kappa shape index (κ3) is 34.2. The number of carboxylic acids is 1. The summed E-state index contributed by atoms with van der Waals surface area (Å²) in [5.74, 6) is -5.10. The van der Waals surface area contributed by atoms with E-state index in [4.69, 9.17) is 86.9 Å². The molecule has 40 nitrogen and oxygen atoms in total. The highest BCUT2D eigenvalue weighted by atomic mass is 19.1. The average Bonchev–Trinajstić information content (AvgIpc) is 1.57. The average molecular weight is 1790 g/mol. The van der Waals surface area contributed by atoms with Crippen molar-refractivity contribution in [3.8, 4) is 11.4 Å². The van der Waals surface area contributed by atoms with Crippen molar-refractivity contribution in [1.29, 1.82) is 0 Å². The number of benzene rings is 2. The van der Waals surface area contributed by atoms with E-state index in [1.165, 1.54) is 10.6 Å². The lowest BCUT2D eigenvalue weighted by Crippen LogP contribution is -2.58. The molecule has 8 rings (SSSR count). The maximum absolute atomic E-state index is 15.6. The molecule has 0 saturated heterocycles. The first-order valence-corrected chi connectivity index (χ1v) is 43.2. The fourth-order valence-electron chi connectivity index (χ4n) is 14.0. The number of aliphatic carboxylic acids is 1. The molecule has 1 aliphatic carbocycles. The van der Waals surface area contributed by atoms with E-state index in [1.807, 2.05) is 0 Å². The van der Waals surface area contributed by atoms with Gasteiger partial charge in [0.05, 0.1) is 218 Å². The van der Waals surface area contributed by atoms with E-state index in [-0.39, 0.29) is 102 Å². The van der Waals surface area contributed by atoms with Gasteiger partial charge in [-0.15, -0.1) is 5.10 Å². The van der Waals surface area contributed by atoms with E-state index in [9.17, 15) is 53.1 Å². The van der Waals surface area contributed by atoms with Crippen molar-refractivity contribution in [3.63, 3.8) is 0 Å². The number of ether oxygens (including phenoxy) is 15. The number of fused-ring (bicyclic) bond motifs is 5. The van der Waals surface area contributed by atoms with Crippen LogP contribution in [0.4, 0.5) is 24.5 Å². The largest absolute Gasteiger partial charge is 0.481 e. The Hall–Kier alpha value is -10.0. The number of alkyl carbamates (subject to hydrolysis) is 2. The molecule has 8 amide bonds. The van der Waals surface area contributed by atoms with Crippen molar-refractivity contribution in [2.24, 2.45) is 11.7 Å². The number of cyclic esters (lactones) is 1. The molecular formula is C86H126FN13O27. The number of carboxylic acid groups (broad SMARTS) is 1. The molecule has 0 saturated carbocycles. The number of pyridine rings is 2. The van der Waals surface area contributed by atoms with Gasteiger partial charge in [-0.3, -0.25) is 28.8 Å². The number of aryl methyl sites for hydroxylation is 2. The van der Waals surface area contributed by atoms with Crippen molar-refractivity contribution in [3.05, 3.63) is 103 Å². The second-order valence-electron chi connectivity index (χ2n) is 31.5. The molecular weight excluding hydrogens is 1670 g/mol. The monoisotopic (exact) mass is 1790 g/mol. The summed E-state index contributed by atoms with van der Waals surface area (Å²) in [6.07, 6.45) is 2.09. The van der Waals surface area contributed by atoms with Gasteiger partial charge in [-0.1, -0.05) is 38.1 Å². The zero-order chi connectivity index (χ0) is 91.5. The number of carbonyl (C=O) groups excluding carboxylic acids is 8. The highest BCUT2D eigenvalue weighted by Gasteiger charge is 2.46. The lowest BCUT2D eigenvalue weighted by molar-refractivity contribution is -0.172. The summed E-state index contributed by atoms with van der Waals surface area (Å²) in [5.41, 5.74) is 7.04. The number of nitrogens with one attached hydrogen (secondary N) is 7. The predicted molar refractivity (Wildman–Crippen MR) is 455 cm³/mol. The molecule has 41 heteroatoms. The first kappa shape index (κ1) is 102. The lowest BCUT2D eigenvalue weighted by atomic mass is 9.81. The SMILES string of the molecule is CC[C@@]1(O)C(=O)OCc2c1cc1n(c2=O)Cc2c-1nc1cc(F)c(C)c3c1c2[C@@H](NC(=O)OCc1ccc(NC(=O)[C@H](CCCNC(N)=O)NC(=O)[C@@H](NC(=O)[C@H](CCCCNC(=O)CCOCCOCCOCCOCCOCCOCCOCCOCCOCCOCCOCCOCCn2nncc2CCC(=O)O)NC(=O)OC(C)(C)C)C(C)C)cc1)CC3. The molecule has 0 fully saturated rings. The van der Waals surface area contributed by atoms with Gasteiger partial charge in [0.25, 0.3) is 5.56 Å². The van der Waals surface area contributed by atoms with Crippen LogP contribution in [0.1, 0.15) is 150 Å². The molecule has 2 aromatic carbocycles. The second-order valence-corrected chi connectivity index (χ2v) is 31.5. The molecule has 0 unspecified atom stereocenters. The van der Waals surface area contributed by atoms with Crippen LogP contribution in [-0.4, -0.2) is 284 Å². The number of hydrogen-bond donors (Lipinski definition) is 10. The summed E-state index contributed by atoms with van der Waals surface area (Å²) in [7, 11) is 0. The molecule has 704 valence electrons. The van der Waals surface area contributed by atoms with Gasteiger partial charge in [-0.25, -0.2) is 33.2 Å². The third-order valence-corrected chi connectivity index (χ3v) is 20.7. The Morgan fingerprint density at radius 3 is 1.74 bits per heavy atom. The Bertz CT molecular complexity index is 4420. The maximum Gasteiger partial charge on any atom is 0.408 e. The number of hydrogen-bond acceptors (Lipinski definition) is 29. The van der Waals surface area contributed by atoms with Gasteiger partial charge in [0.15, 0.2) is 5.60 Å².